The number of aromatic amines is 1. The Hall–Kier alpha value is -5.04. The SMILES string of the molecule is Cc1cnc(Nc2cc(C)n(C)n2)nc1-c1c[nH]c2c(NC(=O)CN3CCC(Oc4cc(N)ncn4)C3)cccc12. The first-order valence-electron chi connectivity index (χ1n) is 13.3. The van der Waals surface area contributed by atoms with Crippen LogP contribution < -0.4 is 21.1 Å². The number of carbonyl (C=O) groups is 1. The molecule has 1 aliphatic rings. The summed E-state index contributed by atoms with van der Waals surface area (Å²) >= 11 is 0. The molecule has 4 aromatic heterocycles. The Morgan fingerprint density at radius 1 is 1.22 bits per heavy atom. The maximum absolute atomic E-state index is 13.0. The van der Waals surface area contributed by atoms with E-state index in [1.54, 1.807) is 16.9 Å². The Morgan fingerprint density at radius 2 is 2.10 bits per heavy atom. The van der Waals surface area contributed by atoms with Gasteiger partial charge in [0, 0.05) is 61.3 Å². The van der Waals surface area contributed by atoms with Gasteiger partial charge in [-0.15, -0.1) is 0 Å². The molecule has 5 heterocycles. The third kappa shape index (κ3) is 5.65. The number of anilines is 4. The van der Waals surface area contributed by atoms with Crippen LogP contribution in [0.25, 0.3) is 22.2 Å². The smallest absolute Gasteiger partial charge is 0.238 e. The van der Waals surface area contributed by atoms with Crippen LogP contribution in [0, 0.1) is 13.8 Å². The van der Waals surface area contributed by atoms with Crippen molar-refractivity contribution in [2.24, 2.45) is 7.05 Å². The van der Waals surface area contributed by atoms with E-state index >= 15 is 0 Å². The Bertz CT molecular complexity index is 1710. The zero-order valence-electron chi connectivity index (χ0n) is 23.0. The number of benzene rings is 1. The number of aromatic nitrogens is 7. The monoisotopic (exact) mass is 553 g/mol. The second-order valence-electron chi connectivity index (χ2n) is 10.2. The van der Waals surface area contributed by atoms with E-state index in [0.29, 0.717) is 35.7 Å². The molecule has 13 nitrogen and oxygen atoms in total. The molecule has 13 heteroatoms. The number of H-pyrrole nitrogens is 1. The highest BCUT2D eigenvalue weighted by Crippen LogP contribution is 2.33. The summed E-state index contributed by atoms with van der Waals surface area (Å²) in [4.78, 5) is 35.6. The number of hydrogen-bond acceptors (Lipinski definition) is 10. The van der Waals surface area contributed by atoms with Crippen LogP contribution in [0.3, 0.4) is 0 Å². The summed E-state index contributed by atoms with van der Waals surface area (Å²) in [5.41, 5.74) is 10.9. The van der Waals surface area contributed by atoms with Gasteiger partial charge in [0.1, 0.15) is 18.2 Å². The highest BCUT2D eigenvalue weighted by atomic mass is 16.5. The summed E-state index contributed by atoms with van der Waals surface area (Å²) in [5.74, 6) is 1.84. The first-order valence-corrected chi connectivity index (χ1v) is 13.3. The molecule has 210 valence electrons. The minimum Gasteiger partial charge on any atom is -0.473 e. The summed E-state index contributed by atoms with van der Waals surface area (Å²) in [7, 11) is 1.89. The van der Waals surface area contributed by atoms with Crippen molar-refractivity contribution in [3.63, 3.8) is 0 Å². The molecule has 5 aromatic rings. The van der Waals surface area contributed by atoms with Gasteiger partial charge in [0.2, 0.25) is 17.7 Å². The fourth-order valence-corrected chi connectivity index (χ4v) is 4.98. The molecule has 1 saturated heterocycles. The number of aryl methyl sites for hydroxylation is 3. The molecule has 1 aliphatic heterocycles. The third-order valence-electron chi connectivity index (χ3n) is 7.12. The molecule has 1 aromatic carbocycles. The molecule has 0 saturated carbocycles. The number of hydrogen-bond donors (Lipinski definition) is 4. The highest BCUT2D eigenvalue weighted by molar-refractivity contribution is 6.06. The van der Waals surface area contributed by atoms with Gasteiger partial charge in [-0.05, 0) is 31.9 Å². The van der Waals surface area contributed by atoms with Gasteiger partial charge < -0.3 is 26.1 Å². The second kappa shape index (κ2) is 10.8. The number of para-hydroxylation sites is 1. The van der Waals surface area contributed by atoms with Gasteiger partial charge in [0.05, 0.1) is 23.4 Å². The molecule has 1 unspecified atom stereocenters. The minimum absolute atomic E-state index is 0.0660. The van der Waals surface area contributed by atoms with Crippen molar-refractivity contribution in [1.82, 2.24) is 39.6 Å². The number of nitrogens with two attached hydrogens (primary N) is 1. The lowest BCUT2D eigenvalue weighted by atomic mass is 10.1. The normalized spacial score (nSPS) is 15.3. The highest BCUT2D eigenvalue weighted by Gasteiger charge is 2.26. The number of carbonyl (C=O) groups excluding carboxylic acids is 1. The van der Waals surface area contributed by atoms with Gasteiger partial charge in [-0.3, -0.25) is 14.4 Å². The number of nitrogen functional groups attached to an aromatic ring is 1. The number of fused-ring (bicyclic) bond motifs is 1. The number of nitrogens with zero attached hydrogens (tertiary/aromatic N) is 7. The number of amides is 1. The van der Waals surface area contributed by atoms with Crippen molar-refractivity contribution in [2.45, 2.75) is 26.4 Å². The number of ether oxygens (including phenoxy) is 1. The van der Waals surface area contributed by atoms with Crippen LogP contribution in [-0.2, 0) is 11.8 Å². The lowest BCUT2D eigenvalue weighted by molar-refractivity contribution is -0.117. The van der Waals surface area contributed by atoms with E-state index < -0.39 is 0 Å². The van der Waals surface area contributed by atoms with Gasteiger partial charge in [-0.25, -0.2) is 19.9 Å². The zero-order valence-corrected chi connectivity index (χ0v) is 23.0. The Morgan fingerprint density at radius 3 is 2.90 bits per heavy atom. The van der Waals surface area contributed by atoms with Crippen LogP contribution >= 0.6 is 0 Å². The Balaban J connectivity index is 1.14. The van der Waals surface area contributed by atoms with Gasteiger partial charge in [0.15, 0.2) is 5.82 Å². The van der Waals surface area contributed by atoms with E-state index in [0.717, 1.165) is 46.4 Å². The second-order valence-corrected chi connectivity index (χ2v) is 10.2. The van der Waals surface area contributed by atoms with E-state index in [1.165, 1.54) is 6.33 Å². The van der Waals surface area contributed by atoms with E-state index in [4.69, 9.17) is 15.5 Å². The van der Waals surface area contributed by atoms with Crippen molar-refractivity contribution in [2.75, 3.05) is 36.0 Å². The average molecular weight is 554 g/mol. The van der Waals surface area contributed by atoms with Gasteiger partial charge in [0.25, 0.3) is 0 Å². The van der Waals surface area contributed by atoms with E-state index in [1.807, 2.05) is 51.4 Å². The molecule has 0 bridgehead atoms. The minimum atomic E-state index is -0.101. The molecular weight excluding hydrogens is 522 g/mol. The third-order valence-corrected chi connectivity index (χ3v) is 7.12. The van der Waals surface area contributed by atoms with Crippen molar-refractivity contribution < 1.29 is 9.53 Å². The van der Waals surface area contributed by atoms with Crippen LogP contribution in [-0.4, -0.2) is 71.2 Å². The average Bonchev–Trinajstić information content (AvgIpc) is 3.64. The van der Waals surface area contributed by atoms with Crippen LogP contribution in [0.5, 0.6) is 5.88 Å². The predicted octanol–water partition coefficient (Wildman–Crippen LogP) is 3.18. The lowest BCUT2D eigenvalue weighted by Crippen LogP contribution is -2.33. The van der Waals surface area contributed by atoms with Crippen LogP contribution in [0.2, 0.25) is 0 Å². The molecule has 6 rings (SSSR count). The molecule has 0 spiro atoms. The fraction of sp³-hybridized carbons (Fsp3) is 0.286. The molecular formula is C28H31N11O2. The molecule has 41 heavy (non-hydrogen) atoms. The summed E-state index contributed by atoms with van der Waals surface area (Å²) in [5, 5.41) is 11.6. The summed E-state index contributed by atoms with van der Waals surface area (Å²) < 4.78 is 7.71. The summed E-state index contributed by atoms with van der Waals surface area (Å²) in [6.07, 6.45) is 5.80. The summed E-state index contributed by atoms with van der Waals surface area (Å²) in [6, 6.07) is 9.36. The van der Waals surface area contributed by atoms with E-state index in [9.17, 15) is 4.79 Å². The van der Waals surface area contributed by atoms with Crippen molar-refractivity contribution in [1.29, 1.82) is 0 Å². The first-order chi connectivity index (χ1) is 19.8. The summed E-state index contributed by atoms with van der Waals surface area (Å²) in [6.45, 7) is 5.58. The lowest BCUT2D eigenvalue weighted by Gasteiger charge is -2.16. The first kappa shape index (κ1) is 26.2. The van der Waals surface area contributed by atoms with Gasteiger partial charge in [-0.2, -0.15) is 5.10 Å². The van der Waals surface area contributed by atoms with Crippen LogP contribution in [0.15, 0.2) is 49.1 Å². The molecule has 0 aliphatic carbocycles. The predicted molar refractivity (Wildman–Crippen MR) is 156 cm³/mol. The molecule has 5 N–H and O–H groups in total. The molecule has 1 atom stereocenters. The molecule has 0 radical (unpaired) electrons. The van der Waals surface area contributed by atoms with Crippen molar-refractivity contribution in [3.8, 4) is 17.1 Å². The molecule has 1 fully saturated rings. The van der Waals surface area contributed by atoms with E-state index in [2.05, 4.69) is 40.6 Å². The van der Waals surface area contributed by atoms with E-state index in [-0.39, 0.29) is 18.6 Å². The van der Waals surface area contributed by atoms with Crippen molar-refractivity contribution in [3.05, 3.63) is 60.3 Å². The van der Waals surface area contributed by atoms with Crippen LogP contribution in [0.1, 0.15) is 17.7 Å². The van der Waals surface area contributed by atoms with Crippen molar-refractivity contribution >= 4 is 40.1 Å². The number of rotatable bonds is 8. The van der Waals surface area contributed by atoms with Gasteiger partial charge >= 0.3 is 0 Å². The fourth-order valence-electron chi connectivity index (χ4n) is 4.98. The number of likely N-dealkylation sites (tertiary alicyclic amines) is 1. The zero-order chi connectivity index (χ0) is 28.5. The molecule has 1 amide bonds. The number of nitrogens with one attached hydrogen (secondary N) is 3. The largest absolute Gasteiger partial charge is 0.473 e. The maximum Gasteiger partial charge on any atom is 0.238 e. The van der Waals surface area contributed by atoms with Crippen LogP contribution in [0.4, 0.5) is 23.3 Å². The van der Waals surface area contributed by atoms with Gasteiger partial charge in [-0.1, -0.05) is 12.1 Å². The quantitative estimate of drug-likeness (QED) is 0.224. The standard InChI is InChI=1S/C28H31N11O2/c1-16-11-31-28(35-23-9-17(2)38(3)37-23)36-26(16)20-12-30-27-19(20)5-4-6-21(27)34-24(40)14-39-8-7-18(13-39)41-25-10-22(29)32-15-33-25/h4-6,9-12,15,18,30H,7-8,13-14H2,1-3H3,(H,34,40)(H2,29,32,33)(H,31,35,36,37). The Labute approximate surface area is 236 Å². The Kier molecular flexibility index (Phi) is 6.93. The topological polar surface area (TPSA) is 165 Å². The maximum atomic E-state index is 13.0.